The van der Waals surface area contributed by atoms with Crippen molar-refractivity contribution in [3.8, 4) is 5.75 Å². The van der Waals surface area contributed by atoms with E-state index in [4.69, 9.17) is 4.74 Å². The van der Waals surface area contributed by atoms with Crippen LogP contribution < -0.4 is 15.4 Å². The number of nitrogens with one attached hydrogen (secondary N) is 2. The summed E-state index contributed by atoms with van der Waals surface area (Å²) in [6.07, 6.45) is 0. The molecular weight excluding hydrogens is 356 g/mol. The molecule has 2 N–H and O–H groups in total. The van der Waals surface area contributed by atoms with Crippen molar-refractivity contribution >= 4 is 33.2 Å². The summed E-state index contributed by atoms with van der Waals surface area (Å²) in [5, 5.41) is 5.96. The van der Waals surface area contributed by atoms with Gasteiger partial charge in [-0.2, -0.15) is 0 Å². The maximum absolute atomic E-state index is 12.0. The summed E-state index contributed by atoms with van der Waals surface area (Å²) in [6.45, 7) is 5.07. The van der Waals surface area contributed by atoms with Crippen molar-refractivity contribution in [2.75, 3.05) is 23.8 Å². The molecule has 2 rings (SSSR count). The summed E-state index contributed by atoms with van der Waals surface area (Å²) in [4.78, 5) is 12.0. The molecule has 0 aliphatic heterocycles. The van der Waals surface area contributed by atoms with Crippen LogP contribution in [-0.2, 0) is 4.79 Å². The number of anilines is 2. The average Bonchev–Trinajstić information content (AvgIpc) is 2.54. The first-order valence-corrected chi connectivity index (χ1v) is 8.35. The Bertz CT molecular complexity index is 659. The van der Waals surface area contributed by atoms with E-state index in [9.17, 15) is 4.79 Å². The maximum Gasteiger partial charge on any atom is 0.243 e. The number of hydrogen-bond donors (Lipinski definition) is 2. The van der Waals surface area contributed by atoms with E-state index >= 15 is 0 Å². The van der Waals surface area contributed by atoms with Crippen molar-refractivity contribution in [1.29, 1.82) is 0 Å². The van der Waals surface area contributed by atoms with Crippen molar-refractivity contribution in [1.82, 2.24) is 0 Å². The highest BCUT2D eigenvalue weighted by Gasteiger charge is 2.05. The number of benzene rings is 2. The average molecular weight is 377 g/mol. The number of para-hydroxylation sites is 1. The third-order valence-electron chi connectivity index (χ3n) is 3.02. The van der Waals surface area contributed by atoms with Gasteiger partial charge in [-0.3, -0.25) is 4.79 Å². The molecule has 122 valence electrons. The lowest BCUT2D eigenvalue weighted by molar-refractivity contribution is -0.114. The molecule has 0 spiro atoms. The van der Waals surface area contributed by atoms with E-state index in [1.807, 2.05) is 48.5 Å². The number of halogens is 1. The van der Waals surface area contributed by atoms with Crippen LogP contribution in [0.2, 0.25) is 0 Å². The normalized spacial score (nSPS) is 10.4. The minimum Gasteiger partial charge on any atom is -0.493 e. The molecular formula is C18H21BrN2O2. The minimum atomic E-state index is -0.106. The molecule has 0 heterocycles. The summed E-state index contributed by atoms with van der Waals surface area (Å²) >= 11 is 3.41. The second-order valence-electron chi connectivity index (χ2n) is 5.61. The van der Waals surface area contributed by atoms with Gasteiger partial charge in [0.1, 0.15) is 5.75 Å². The lowest BCUT2D eigenvalue weighted by Crippen LogP contribution is -2.21. The summed E-state index contributed by atoms with van der Waals surface area (Å²) < 4.78 is 6.54. The molecule has 0 aliphatic carbocycles. The van der Waals surface area contributed by atoms with Gasteiger partial charge in [0.2, 0.25) is 5.91 Å². The zero-order valence-corrected chi connectivity index (χ0v) is 14.9. The number of amides is 1. The van der Waals surface area contributed by atoms with E-state index in [1.54, 1.807) is 0 Å². The molecule has 0 unspecified atom stereocenters. The number of hydrogen-bond acceptors (Lipinski definition) is 3. The Morgan fingerprint density at radius 1 is 1.17 bits per heavy atom. The van der Waals surface area contributed by atoms with Crippen LogP contribution in [-0.4, -0.2) is 19.1 Å². The van der Waals surface area contributed by atoms with Gasteiger partial charge in [0.15, 0.2) is 0 Å². The van der Waals surface area contributed by atoms with Gasteiger partial charge in [0, 0.05) is 16.2 Å². The fourth-order valence-corrected chi connectivity index (χ4v) is 2.28. The lowest BCUT2D eigenvalue weighted by Gasteiger charge is -2.12. The molecule has 23 heavy (non-hydrogen) atoms. The Morgan fingerprint density at radius 3 is 2.70 bits per heavy atom. The smallest absolute Gasteiger partial charge is 0.243 e. The predicted octanol–water partition coefficient (Wildman–Crippen LogP) is 4.53. The Kier molecular flexibility index (Phi) is 6.47. The van der Waals surface area contributed by atoms with Gasteiger partial charge in [0.05, 0.1) is 18.8 Å². The molecule has 1 amide bonds. The van der Waals surface area contributed by atoms with Crippen LogP contribution in [0, 0.1) is 5.92 Å². The second-order valence-corrected chi connectivity index (χ2v) is 6.47. The quantitative estimate of drug-likeness (QED) is 0.745. The fourth-order valence-electron chi connectivity index (χ4n) is 1.90. The third-order valence-corrected chi connectivity index (χ3v) is 3.71. The summed E-state index contributed by atoms with van der Waals surface area (Å²) in [5.41, 5.74) is 1.61. The number of carbonyl (C=O) groups excluding carboxylic acids is 1. The third kappa shape index (κ3) is 5.94. The Labute approximate surface area is 145 Å². The molecule has 5 heteroatoms. The number of rotatable bonds is 7. The molecule has 0 aliphatic rings. The molecule has 2 aromatic rings. The topological polar surface area (TPSA) is 50.4 Å². The molecule has 0 fully saturated rings. The largest absolute Gasteiger partial charge is 0.493 e. The van der Waals surface area contributed by atoms with Crippen LogP contribution in [0.5, 0.6) is 5.75 Å². The van der Waals surface area contributed by atoms with E-state index < -0.39 is 0 Å². The highest BCUT2D eigenvalue weighted by Crippen LogP contribution is 2.21. The Balaban J connectivity index is 1.86. The zero-order valence-electron chi connectivity index (χ0n) is 13.3. The number of ether oxygens (including phenoxy) is 1. The van der Waals surface area contributed by atoms with Crippen LogP contribution in [0.15, 0.2) is 53.0 Å². The molecule has 0 saturated heterocycles. The minimum absolute atomic E-state index is 0.106. The first kappa shape index (κ1) is 17.3. The van der Waals surface area contributed by atoms with Crippen LogP contribution in [0.3, 0.4) is 0 Å². The molecule has 0 saturated carbocycles. The van der Waals surface area contributed by atoms with Gasteiger partial charge >= 0.3 is 0 Å². The van der Waals surface area contributed by atoms with E-state index in [2.05, 4.69) is 40.4 Å². The number of carbonyl (C=O) groups is 1. The van der Waals surface area contributed by atoms with E-state index in [0.717, 1.165) is 21.6 Å². The molecule has 0 radical (unpaired) electrons. The predicted molar refractivity (Wildman–Crippen MR) is 98.0 cm³/mol. The first-order valence-electron chi connectivity index (χ1n) is 7.55. The van der Waals surface area contributed by atoms with Crippen LogP contribution in [0.4, 0.5) is 11.4 Å². The van der Waals surface area contributed by atoms with Crippen molar-refractivity contribution in [2.45, 2.75) is 13.8 Å². The van der Waals surface area contributed by atoms with Gasteiger partial charge < -0.3 is 15.4 Å². The zero-order chi connectivity index (χ0) is 16.7. The molecule has 0 aromatic heterocycles. The summed E-state index contributed by atoms with van der Waals surface area (Å²) in [6, 6.07) is 15.1. The van der Waals surface area contributed by atoms with Gasteiger partial charge in [-0.25, -0.2) is 0 Å². The van der Waals surface area contributed by atoms with Crippen LogP contribution >= 0.6 is 15.9 Å². The second kappa shape index (κ2) is 8.58. The van der Waals surface area contributed by atoms with Crippen molar-refractivity contribution < 1.29 is 9.53 Å². The monoisotopic (exact) mass is 376 g/mol. The van der Waals surface area contributed by atoms with E-state index in [1.165, 1.54) is 0 Å². The van der Waals surface area contributed by atoms with Gasteiger partial charge in [0.25, 0.3) is 0 Å². The Hall–Kier alpha value is -2.01. The molecule has 2 aromatic carbocycles. The SMILES string of the molecule is CC(C)COc1cccc(NCC(=O)Nc2ccccc2Br)c1. The van der Waals surface area contributed by atoms with Crippen molar-refractivity contribution in [2.24, 2.45) is 5.92 Å². The fraction of sp³-hybridized carbons (Fsp3) is 0.278. The van der Waals surface area contributed by atoms with Gasteiger partial charge in [-0.15, -0.1) is 0 Å². The van der Waals surface area contributed by atoms with E-state index in [-0.39, 0.29) is 12.5 Å². The highest BCUT2D eigenvalue weighted by molar-refractivity contribution is 9.10. The Morgan fingerprint density at radius 2 is 1.96 bits per heavy atom. The summed E-state index contributed by atoms with van der Waals surface area (Å²) in [7, 11) is 0. The molecule has 0 bridgehead atoms. The van der Waals surface area contributed by atoms with Gasteiger partial charge in [-0.05, 0) is 46.1 Å². The molecule has 0 atom stereocenters. The van der Waals surface area contributed by atoms with Crippen LogP contribution in [0.1, 0.15) is 13.8 Å². The maximum atomic E-state index is 12.0. The summed E-state index contributed by atoms with van der Waals surface area (Å²) in [5.74, 6) is 1.17. The van der Waals surface area contributed by atoms with Crippen molar-refractivity contribution in [3.05, 3.63) is 53.0 Å². The highest BCUT2D eigenvalue weighted by atomic mass is 79.9. The van der Waals surface area contributed by atoms with E-state index in [0.29, 0.717) is 12.5 Å². The standard InChI is InChI=1S/C18H21BrN2O2/c1-13(2)12-23-15-7-5-6-14(10-15)20-11-18(22)21-17-9-4-3-8-16(17)19/h3-10,13,20H,11-12H2,1-2H3,(H,21,22). The first-order chi connectivity index (χ1) is 11.0. The van der Waals surface area contributed by atoms with Crippen molar-refractivity contribution in [3.63, 3.8) is 0 Å². The molecule has 4 nitrogen and oxygen atoms in total. The van der Waals surface area contributed by atoms with Gasteiger partial charge in [-0.1, -0.05) is 32.0 Å². The lowest BCUT2D eigenvalue weighted by atomic mass is 10.2. The van der Waals surface area contributed by atoms with Crippen LogP contribution in [0.25, 0.3) is 0 Å².